The molecule has 80 valence electrons. The standard InChI is InChI=1S/C8H12ClF2N3/c1-4-6-12-13-7(9)14(6)5(2)8(3,10)11/h5H,4H2,1-3H3. The van der Waals surface area contributed by atoms with Crippen LogP contribution < -0.4 is 0 Å². The van der Waals surface area contributed by atoms with Crippen LogP contribution in [0, 0.1) is 0 Å². The molecule has 0 radical (unpaired) electrons. The Bertz CT molecular complexity index is 319. The Morgan fingerprint density at radius 3 is 2.50 bits per heavy atom. The molecule has 0 aliphatic carbocycles. The number of halogens is 3. The molecular weight excluding hydrogens is 212 g/mol. The van der Waals surface area contributed by atoms with Gasteiger partial charge in [-0.25, -0.2) is 8.78 Å². The van der Waals surface area contributed by atoms with Crippen molar-refractivity contribution in [3.63, 3.8) is 0 Å². The SMILES string of the molecule is CCc1nnc(Cl)n1C(C)C(C)(F)F. The first-order valence-electron chi connectivity index (χ1n) is 4.35. The molecule has 0 saturated carbocycles. The van der Waals surface area contributed by atoms with Gasteiger partial charge in [-0.15, -0.1) is 10.2 Å². The van der Waals surface area contributed by atoms with Gasteiger partial charge in [0.1, 0.15) is 5.82 Å². The fourth-order valence-electron chi connectivity index (χ4n) is 1.15. The molecule has 0 fully saturated rings. The average Bonchev–Trinajstić information content (AvgIpc) is 2.43. The Morgan fingerprint density at radius 2 is 2.07 bits per heavy atom. The van der Waals surface area contributed by atoms with Crippen LogP contribution in [-0.4, -0.2) is 20.7 Å². The van der Waals surface area contributed by atoms with Crippen molar-refractivity contribution < 1.29 is 8.78 Å². The molecule has 1 heterocycles. The number of aryl methyl sites for hydroxylation is 1. The van der Waals surface area contributed by atoms with Crippen molar-refractivity contribution in [3.8, 4) is 0 Å². The predicted octanol–water partition coefficient (Wildman–Crippen LogP) is 2.71. The van der Waals surface area contributed by atoms with Crippen LogP contribution in [0.25, 0.3) is 0 Å². The van der Waals surface area contributed by atoms with Gasteiger partial charge in [-0.1, -0.05) is 6.92 Å². The van der Waals surface area contributed by atoms with Crippen LogP contribution in [0.15, 0.2) is 0 Å². The molecule has 14 heavy (non-hydrogen) atoms. The average molecular weight is 224 g/mol. The number of aromatic nitrogens is 3. The van der Waals surface area contributed by atoms with E-state index < -0.39 is 12.0 Å². The van der Waals surface area contributed by atoms with Gasteiger partial charge >= 0.3 is 0 Å². The first-order valence-corrected chi connectivity index (χ1v) is 4.72. The van der Waals surface area contributed by atoms with E-state index in [4.69, 9.17) is 11.6 Å². The molecule has 3 nitrogen and oxygen atoms in total. The van der Waals surface area contributed by atoms with Gasteiger partial charge in [0.25, 0.3) is 5.92 Å². The zero-order chi connectivity index (χ0) is 10.9. The number of rotatable bonds is 3. The zero-order valence-corrected chi connectivity index (χ0v) is 9.02. The van der Waals surface area contributed by atoms with Crippen LogP contribution in [0.2, 0.25) is 5.28 Å². The predicted molar refractivity (Wildman–Crippen MR) is 49.7 cm³/mol. The molecule has 6 heteroatoms. The molecule has 0 amide bonds. The van der Waals surface area contributed by atoms with Gasteiger partial charge in [0.2, 0.25) is 5.28 Å². The van der Waals surface area contributed by atoms with Gasteiger partial charge in [-0.3, -0.25) is 4.57 Å². The Labute approximate surface area is 86.1 Å². The minimum Gasteiger partial charge on any atom is -0.293 e. The van der Waals surface area contributed by atoms with Crippen molar-refractivity contribution in [1.29, 1.82) is 0 Å². The third-order valence-electron chi connectivity index (χ3n) is 2.16. The maximum absolute atomic E-state index is 13.0. The third-order valence-corrected chi connectivity index (χ3v) is 2.42. The smallest absolute Gasteiger partial charge is 0.265 e. The van der Waals surface area contributed by atoms with Gasteiger partial charge in [0, 0.05) is 13.3 Å². The minimum atomic E-state index is -2.84. The molecule has 1 aromatic heterocycles. The normalized spacial score (nSPS) is 14.4. The van der Waals surface area contributed by atoms with Crippen molar-refractivity contribution >= 4 is 11.6 Å². The summed E-state index contributed by atoms with van der Waals surface area (Å²) in [5.41, 5.74) is 0. The number of alkyl halides is 2. The molecule has 0 aliphatic rings. The van der Waals surface area contributed by atoms with E-state index in [2.05, 4.69) is 10.2 Å². The Balaban J connectivity index is 3.11. The summed E-state index contributed by atoms with van der Waals surface area (Å²) in [6, 6.07) is -1.03. The molecular formula is C8H12ClF2N3. The van der Waals surface area contributed by atoms with Gasteiger partial charge in [-0.2, -0.15) is 0 Å². The molecule has 0 bridgehead atoms. The lowest BCUT2D eigenvalue weighted by Crippen LogP contribution is -2.26. The van der Waals surface area contributed by atoms with Crippen molar-refractivity contribution in [2.45, 2.75) is 39.2 Å². The second-order valence-electron chi connectivity index (χ2n) is 3.24. The zero-order valence-electron chi connectivity index (χ0n) is 8.26. The van der Waals surface area contributed by atoms with E-state index in [0.717, 1.165) is 6.92 Å². The van der Waals surface area contributed by atoms with Crippen molar-refractivity contribution in [2.24, 2.45) is 0 Å². The highest BCUT2D eigenvalue weighted by Gasteiger charge is 2.34. The lowest BCUT2D eigenvalue weighted by atomic mass is 10.2. The topological polar surface area (TPSA) is 30.7 Å². The Kier molecular flexibility index (Phi) is 3.09. The summed E-state index contributed by atoms with van der Waals surface area (Å²) in [5.74, 6) is -2.36. The number of nitrogens with zero attached hydrogens (tertiary/aromatic N) is 3. The van der Waals surface area contributed by atoms with Gasteiger partial charge in [0.15, 0.2) is 0 Å². The molecule has 0 saturated heterocycles. The minimum absolute atomic E-state index is 0.0101. The Hall–Kier alpha value is -0.710. The maximum atomic E-state index is 13.0. The van der Waals surface area contributed by atoms with E-state index >= 15 is 0 Å². The van der Waals surface area contributed by atoms with Crippen LogP contribution in [0.3, 0.4) is 0 Å². The monoisotopic (exact) mass is 223 g/mol. The third kappa shape index (κ3) is 2.03. The number of hydrogen-bond acceptors (Lipinski definition) is 2. The van der Waals surface area contributed by atoms with E-state index in [0.29, 0.717) is 12.2 Å². The first kappa shape index (κ1) is 11.4. The Morgan fingerprint density at radius 1 is 1.50 bits per heavy atom. The summed E-state index contributed by atoms with van der Waals surface area (Å²) in [5, 5.41) is 7.29. The fraction of sp³-hybridized carbons (Fsp3) is 0.750. The van der Waals surface area contributed by atoms with E-state index in [-0.39, 0.29) is 5.28 Å². The highest BCUT2D eigenvalue weighted by atomic mass is 35.5. The van der Waals surface area contributed by atoms with Crippen LogP contribution in [0.1, 0.15) is 32.6 Å². The van der Waals surface area contributed by atoms with Gasteiger partial charge < -0.3 is 0 Å². The van der Waals surface area contributed by atoms with E-state index in [9.17, 15) is 8.78 Å². The molecule has 0 aromatic carbocycles. The largest absolute Gasteiger partial charge is 0.293 e. The fourth-order valence-corrected chi connectivity index (χ4v) is 1.43. The second-order valence-corrected chi connectivity index (χ2v) is 3.58. The second kappa shape index (κ2) is 3.81. The quantitative estimate of drug-likeness (QED) is 0.789. The molecule has 0 N–H and O–H groups in total. The molecule has 0 spiro atoms. The summed E-state index contributed by atoms with van der Waals surface area (Å²) in [7, 11) is 0. The van der Waals surface area contributed by atoms with Crippen LogP contribution in [-0.2, 0) is 6.42 Å². The molecule has 1 atom stereocenters. The van der Waals surface area contributed by atoms with Crippen LogP contribution >= 0.6 is 11.6 Å². The van der Waals surface area contributed by atoms with Crippen LogP contribution in [0.4, 0.5) is 8.78 Å². The molecule has 1 aromatic rings. The highest BCUT2D eigenvalue weighted by molar-refractivity contribution is 6.28. The van der Waals surface area contributed by atoms with E-state index in [1.165, 1.54) is 11.5 Å². The molecule has 0 aliphatic heterocycles. The maximum Gasteiger partial charge on any atom is 0.265 e. The van der Waals surface area contributed by atoms with Gasteiger partial charge in [-0.05, 0) is 18.5 Å². The van der Waals surface area contributed by atoms with Crippen molar-refractivity contribution in [3.05, 3.63) is 11.1 Å². The first-order chi connectivity index (χ1) is 6.38. The lowest BCUT2D eigenvalue weighted by molar-refractivity contribution is -0.0268. The van der Waals surface area contributed by atoms with E-state index in [1.54, 1.807) is 0 Å². The van der Waals surface area contributed by atoms with Crippen molar-refractivity contribution in [1.82, 2.24) is 14.8 Å². The van der Waals surface area contributed by atoms with Gasteiger partial charge in [0.05, 0.1) is 6.04 Å². The van der Waals surface area contributed by atoms with Crippen LogP contribution in [0.5, 0.6) is 0 Å². The summed E-state index contributed by atoms with van der Waals surface area (Å²) in [6.45, 7) is 4.07. The summed E-state index contributed by atoms with van der Waals surface area (Å²) >= 11 is 5.68. The van der Waals surface area contributed by atoms with E-state index in [1.807, 2.05) is 6.92 Å². The van der Waals surface area contributed by atoms with Crippen molar-refractivity contribution in [2.75, 3.05) is 0 Å². The highest BCUT2D eigenvalue weighted by Crippen LogP contribution is 2.30. The lowest BCUT2D eigenvalue weighted by Gasteiger charge is -2.22. The molecule has 1 rings (SSSR count). The summed E-state index contributed by atoms with van der Waals surface area (Å²) in [6.07, 6.45) is 0.528. The molecule has 1 unspecified atom stereocenters. The summed E-state index contributed by atoms with van der Waals surface area (Å²) < 4.78 is 27.3. The summed E-state index contributed by atoms with van der Waals surface area (Å²) in [4.78, 5) is 0. The number of hydrogen-bond donors (Lipinski definition) is 0.